The first-order chi connectivity index (χ1) is 8.69. The average molecular weight is 249 g/mol. The van der Waals surface area contributed by atoms with Crippen LogP contribution in [0.25, 0.3) is 0 Å². The third-order valence-electron chi connectivity index (χ3n) is 3.59. The van der Waals surface area contributed by atoms with Crippen molar-refractivity contribution in [3.63, 3.8) is 0 Å². The number of aliphatic hydroxyl groups excluding tert-OH is 1. The minimum atomic E-state index is -0.198. The molecule has 1 aliphatic heterocycles. The Kier molecular flexibility index (Phi) is 4.55. The van der Waals surface area contributed by atoms with Crippen LogP contribution in [0, 0.1) is 5.92 Å². The maximum Gasteiger partial charge on any atom is 0.0693 e. The van der Waals surface area contributed by atoms with Gasteiger partial charge in [0.2, 0.25) is 0 Å². The van der Waals surface area contributed by atoms with Crippen LogP contribution in [0.4, 0.5) is 5.69 Å². The van der Waals surface area contributed by atoms with E-state index in [1.807, 2.05) is 12.3 Å². The van der Waals surface area contributed by atoms with E-state index in [9.17, 15) is 5.11 Å². The normalized spacial score (nSPS) is 25.1. The number of piperidine rings is 1. The van der Waals surface area contributed by atoms with Gasteiger partial charge in [-0.3, -0.25) is 9.88 Å². The number of nitrogens with one attached hydrogen (secondary N) is 1. The predicted molar refractivity (Wildman–Crippen MR) is 73.5 cm³/mol. The van der Waals surface area contributed by atoms with E-state index in [4.69, 9.17) is 0 Å². The largest absolute Gasteiger partial charge is 0.392 e. The zero-order valence-electron chi connectivity index (χ0n) is 11.3. The fourth-order valence-electron chi connectivity index (χ4n) is 2.37. The van der Waals surface area contributed by atoms with Crippen LogP contribution in [0.1, 0.15) is 26.0 Å². The zero-order valence-corrected chi connectivity index (χ0v) is 11.3. The van der Waals surface area contributed by atoms with Crippen LogP contribution < -0.4 is 5.32 Å². The van der Waals surface area contributed by atoms with Crippen molar-refractivity contribution in [2.45, 2.75) is 32.9 Å². The molecule has 100 valence electrons. The van der Waals surface area contributed by atoms with Crippen molar-refractivity contribution in [3.8, 4) is 0 Å². The van der Waals surface area contributed by atoms with Crippen molar-refractivity contribution >= 4 is 5.69 Å². The lowest BCUT2D eigenvalue weighted by atomic mass is 9.96. The molecule has 18 heavy (non-hydrogen) atoms. The molecule has 1 saturated heterocycles. The molecule has 0 aliphatic carbocycles. The molecule has 1 aliphatic rings. The van der Waals surface area contributed by atoms with E-state index in [1.165, 1.54) is 0 Å². The molecule has 0 aromatic carbocycles. The minimum Gasteiger partial charge on any atom is -0.392 e. The molecule has 0 amide bonds. The summed E-state index contributed by atoms with van der Waals surface area (Å²) in [5.74, 6) is 0.419. The van der Waals surface area contributed by atoms with Gasteiger partial charge in [-0.1, -0.05) is 6.92 Å². The number of β-amino-alcohol motifs (C(OH)–C–C–N with tert-alkyl or cyclic N) is 1. The SMILES string of the molecule is CCNc1ccnc(CN2CCC(C)C(O)C2)c1. The second-order valence-corrected chi connectivity index (χ2v) is 5.13. The van der Waals surface area contributed by atoms with E-state index in [-0.39, 0.29) is 6.10 Å². The van der Waals surface area contributed by atoms with E-state index < -0.39 is 0 Å². The van der Waals surface area contributed by atoms with E-state index >= 15 is 0 Å². The molecule has 4 nitrogen and oxygen atoms in total. The molecule has 0 spiro atoms. The van der Waals surface area contributed by atoms with Crippen LogP contribution in [-0.4, -0.2) is 40.7 Å². The van der Waals surface area contributed by atoms with E-state index in [2.05, 4.69) is 35.1 Å². The quantitative estimate of drug-likeness (QED) is 0.853. The van der Waals surface area contributed by atoms with Crippen LogP contribution in [0.3, 0.4) is 0 Å². The van der Waals surface area contributed by atoms with Gasteiger partial charge in [-0.15, -0.1) is 0 Å². The Morgan fingerprint density at radius 3 is 3.11 bits per heavy atom. The van der Waals surface area contributed by atoms with Gasteiger partial charge in [0.25, 0.3) is 0 Å². The maximum absolute atomic E-state index is 9.89. The number of nitrogens with zero attached hydrogens (tertiary/aromatic N) is 2. The van der Waals surface area contributed by atoms with Gasteiger partial charge in [0.05, 0.1) is 11.8 Å². The fraction of sp³-hybridized carbons (Fsp3) is 0.643. The molecule has 1 aromatic heterocycles. The van der Waals surface area contributed by atoms with Gasteiger partial charge in [0.15, 0.2) is 0 Å². The molecule has 2 N–H and O–H groups in total. The smallest absolute Gasteiger partial charge is 0.0693 e. The van der Waals surface area contributed by atoms with Crippen LogP contribution in [0.15, 0.2) is 18.3 Å². The molecule has 2 unspecified atom stereocenters. The number of pyridine rings is 1. The topological polar surface area (TPSA) is 48.4 Å². The van der Waals surface area contributed by atoms with Gasteiger partial charge in [0.1, 0.15) is 0 Å². The fourth-order valence-corrected chi connectivity index (χ4v) is 2.37. The number of likely N-dealkylation sites (tertiary alicyclic amines) is 1. The third-order valence-corrected chi connectivity index (χ3v) is 3.59. The third kappa shape index (κ3) is 3.43. The minimum absolute atomic E-state index is 0.198. The number of aliphatic hydroxyl groups is 1. The highest BCUT2D eigenvalue weighted by Crippen LogP contribution is 2.19. The van der Waals surface area contributed by atoms with Gasteiger partial charge in [-0.2, -0.15) is 0 Å². The van der Waals surface area contributed by atoms with Crippen molar-refractivity contribution in [1.82, 2.24) is 9.88 Å². The van der Waals surface area contributed by atoms with E-state index in [1.54, 1.807) is 0 Å². The highest BCUT2D eigenvalue weighted by Gasteiger charge is 2.24. The summed E-state index contributed by atoms with van der Waals surface area (Å²) >= 11 is 0. The maximum atomic E-state index is 9.89. The highest BCUT2D eigenvalue weighted by molar-refractivity contribution is 5.42. The predicted octanol–water partition coefficient (Wildman–Crippen LogP) is 1.72. The number of rotatable bonds is 4. The first-order valence-corrected chi connectivity index (χ1v) is 6.78. The van der Waals surface area contributed by atoms with Crippen molar-refractivity contribution in [3.05, 3.63) is 24.0 Å². The monoisotopic (exact) mass is 249 g/mol. The van der Waals surface area contributed by atoms with E-state index in [0.29, 0.717) is 5.92 Å². The summed E-state index contributed by atoms with van der Waals surface area (Å²) in [6.07, 6.45) is 2.71. The van der Waals surface area contributed by atoms with Crippen LogP contribution in [-0.2, 0) is 6.54 Å². The van der Waals surface area contributed by atoms with Crippen LogP contribution in [0.2, 0.25) is 0 Å². The number of hydrogen-bond donors (Lipinski definition) is 2. The van der Waals surface area contributed by atoms with Gasteiger partial charge in [-0.05, 0) is 37.9 Å². The molecular formula is C14H23N3O. The second kappa shape index (κ2) is 6.16. The molecular weight excluding hydrogens is 226 g/mol. The average Bonchev–Trinajstić information content (AvgIpc) is 2.35. The second-order valence-electron chi connectivity index (χ2n) is 5.13. The van der Waals surface area contributed by atoms with Gasteiger partial charge in [-0.25, -0.2) is 0 Å². The van der Waals surface area contributed by atoms with Gasteiger partial charge < -0.3 is 10.4 Å². The van der Waals surface area contributed by atoms with Crippen LogP contribution >= 0.6 is 0 Å². The molecule has 1 aromatic rings. The lowest BCUT2D eigenvalue weighted by molar-refractivity contribution is 0.0254. The summed E-state index contributed by atoms with van der Waals surface area (Å²) < 4.78 is 0. The van der Waals surface area contributed by atoms with Crippen molar-refractivity contribution < 1.29 is 5.11 Å². The lowest BCUT2D eigenvalue weighted by Crippen LogP contribution is -2.42. The lowest BCUT2D eigenvalue weighted by Gasteiger charge is -2.34. The number of anilines is 1. The Morgan fingerprint density at radius 2 is 2.39 bits per heavy atom. The molecule has 2 rings (SSSR count). The Balaban J connectivity index is 1.94. The molecule has 0 saturated carbocycles. The first kappa shape index (κ1) is 13.3. The number of aromatic nitrogens is 1. The van der Waals surface area contributed by atoms with Crippen molar-refractivity contribution in [1.29, 1.82) is 0 Å². The molecule has 2 atom stereocenters. The molecule has 0 radical (unpaired) electrons. The Hall–Kier alpha value is -1.13. The highest BCUT2D eigenvalue weighted by atomic mass is 16.3. The summed E-state index contributed by atoms with van der Waals surface area (Å²) in [5.41, 5.74) is 2.18. The van der Waals surface area contributed by atoms with E-state index in [0.717, 1.165) is 44.0 Å². The standard InChI is InChI=1S/C14H23N3O/c1-3-15-12-4-6-16-13(8-12)9-17-7-5-11(2)14(18)10-17/h4,6,8,11,14,18H,3,5,7,9-10H2,1-2H3,(H,15,16). The molecule has 4 heteroatoms. The van der Waals surface area contributed by atoms with Crippen molar-refractivity contribution in [2.75, 3.05) is 25.0 Å². The Labute approximate surface area is 109 Å². The van der Waals surface area contributed by atoms with Crippen LogP contribution in [0.5, 0.6) is 0 Å². The summed E-state index contributed by atoms with van der Waals surface area (Å²) in [6, 6.07) is 4.08. The molecule has 1 fully saturated rings. The summed E-state index contributed by atoms with van der Waals surface area (Å²) in [6.45, 7) is 7.75. The number of hydrogen-bond acceptors (Lipinski definition) is 4. The summed E-state index contributed by atoms with van der Waals surface area (Å²) in [5, 5.41) is 13.2. The first-order valence-electron chi connectivity index (χ1n) is 6.78. The summed E-state index contributed by atoms with van der Waals surface area (Å²) in [7, 11) is 0. The Morgan fingerprint density at radius 1 is 1.56 bits per heavy atom. The zero-order chi connectivity index (χ0) is 13.0. The van der Waals surface area contributed by atoms with Gasteiger partial charge in [0, 0.05) is 31.5 Å². The van der Waals surface area contributed by atoms with Gasteiger partial charge >= 0.3 is 0 Å². The molecule has 2 heterocycles. The van der Waals surface area contributed by atoms with Crippen molar-refractivity contribution in [2.24, 2.45) is 5.92 Å². The Bertz CT molecular complexity index is 383. The summed E-state index contributed by atoms with van der Waals surface area (Å²) in [4.78, 5) is 6.68. The molecule has 0 bridgehead atoms.